The van der Waals surface area contributed by atoms with Gasteiger partial charge in [0.15, 0.2) is 0 Å². The standard InChI is InChI=1S/C14H15F2N3/c15-9-4-5-10(11(16)7-9)14-12(8-17)18-19-6-2-1-3-13(14)19/h4-5,7H,1-3,6,8,17H2. The van der Waals surface area contributed by atoms with Gasteiger partial charge < -0.3 is 5.73 Å². The number of fused-ring (bicyclic) bond motifs is 1. The van der Waals surface area contributed by atoms with Crippen LogP contribution in [0.3, 0.4) is 0 Å². The number of aromatic nitrogens is 2. The van der Waals surface area contributed by atoms with Crippen LogP contribution in [-0.2, 0) is 19.5 Å². The average Bonchev–Trinajstić information content (AvgIpc) is 2.77. The van der Waals surface area contributed by atoms with Gasteiger partial charge >= 0.3 is 0 Å². The molecule has 3 rings (SSSR count). The van der Waals surface area contributed by atoms with Crippen LogP contribution in [0.2, 0.25) is 0 Å². The maximum Gasteiger partial charge on any atom is 0.134 e. The Kier molecular flexibility index (Phi) is 3.06. The lowest BCUT2D eigenvalue weighted by Crippen LogP contribution is -2.11. The summed E-state index contributed by atoms with van der Waals surface area (Å²) in [6.45, 7) is 1.09. The van der Waals surface area contributed by atoms with Crippen molar-refractivity contribution < 1.29 is 8.78 Å². The third kappa shape index (κ3) is 2.04. The minimum Gasteiger partial charge on any atom is -0.325 e. The van der Waals surface area contributed by atoms with E-state index in [9.17, 15) is 8.78 Å². The Balaban J connectivity index is 2.20. The summed E-state index contributed by atoms with van der Waals surface area (Å²) in [5.41, 5.74) is 8.54. The van der Waals surface area contributed by atoms with Gasteiger partial charge in [-0.3, -0.25) is 4.68 Å². The van der Waals surface area contributed by atoms with E-state index in [4.69, 9.17) is 5.73 Å². The van der Waals surface area contributed by atoms with E-state index >= 15 is 0 Å². The number of rotatable bonds is 2. The molecule has 0 bridgehead atoms. The molecule has 0 saturated heterocycles. The molecule has 0 fully saturated rings. The first-order chi connectivity index (χ1) is 9.20. The highest BCUT2D eigenvalue weighted by Gasteiger charge is 2.22. The first kappa shape index (κ1) is 12.3. The maximum absolute atomic E-state index is 14.0. The van der Waals surface area contributed by atoms with Crippen LogP contribution in [0.25, 0.3) is 11.1 Å². The van der Waals surface area contributed by atoms with Crippen molar-refractivity contribution >= 4 is 0 Å². The molecular formula is C14H15F2N3. The number of halogens is 2. The van der Waals surface area contributed by atoms with Crippen molar-refractivity contribution in [2.45, 2.75) is 32.4 Å². The number of benzene rings is 1. The molecule has 1 aliphatic heterocycles. The van der Waals surface area contributed by atoms with E-state index in [-0.39, 0.29) is 6.54 Å². The van der Waals surface area contributed by atoms with Gasteiger partial charge in [-0.05, 0) is 31.4 Å². The van der Waals surface area contributed by atoms with Crippen molar-refractivity contribution in [1.82, 2.24) is 9.78 Å². The lowest BCUT2D eigenvalue weighted by atomic mass is 9.98. The molecule has 2 N–H and O–H groups in total. The molecule has 1 aromatic carbocycles. The van der Waals surface area contributed by atoms with Crippen LogP contribution in [0.5, 0.6) is 0 Å². The molecule has 0 amide bonds. The van der Waals surface area contributed by atoms with Crippen molar-refractivity contribution in [2.24, 2.45) is 5.73 Å². The molecule has 0 radical (unpaired) electrons. The molecule has 0 unspecified atom stereocenters. The van der Waals surface area contributed by atoms with E-state index in [1.807, 2.05) is 4.68 Å². The largest absolute Gasteiger partial charge is 0.325 e. The van der Waals surface area contributed by atoms with Gasteiger partial charge in [0, 0.05) is 36.0 Å². The van der Waals surface area contributed by atoms with Crippen molar-refractivity contribution in [3.8, 4) is 11.1 Å². The molecule has 1 aromatic heterocycles. The van der Waals surface area contributed by atoms with Crippen LogP contribution >= 0.6 is 0 Å². The predicted molar refractivity (Wildman–Crippen MR) is 68.4 cm³/mol. The molecule has 5 heteroatoms. The molecule has 0 aliphatic carbocycles. The smallest absolute Gasteiger partial charge is 0.134 e. The summed E-state index contributed by atoms with van der Waals surface area (Å²) < 4.78 is 28.9. The Labute approximate surface area is 110 Å². The number of hydrogen-bond acceptors (Lipinski definition) is 2. The van der Waals surface area contributed by atoms with Crippen LogP contribution in [-0.4, -0.2) is 9.78 Å². The summed E-state index contributed by atoms with van der Waals surface area (Å²) in [6.07, 6.45) is 2.99. The summed E-state index contributed by atoms with van der Waals surface area (Å²) in [4.78, 5) is 0. The van der Waals surface area contributed by atoms with Gasteiger partial charge in [0.25, 0.3) is 0 Å². The van der Waals surface area contributed by atoms with Crippen LogP contribution in [0.4, 0.5) is 8.78 Å². The fourth-order valence-corrected chi connectivity index (χ4v) is 2.69. The highest BCUT2D eigenvalue weighted by Crippen LogP contribution is 2.33. The molecule has 1 aliphatic rings. The molecule has 0 atom stereocenters. The fraction of sp³-hybridized carbons (Fsp3) is 0.357. The Hall–Kier alpha value is -1.75. The van der Waals surface area contributed by atoms with E-state index in [2.05, 4.69) is 5.10 Å². The zero-order valence-electron chi connectivity index (χ0n) is 10.5. The first-order valence-electron chi connectivity index (χ1n) is 6.44. The third-order valence-electron chi connectivity index (χ3n) is 3.56. The van der Waals surface area contributed by atoms with Crippen LogP contribution in [0, 0.1) is 11.6 Å². The number of nitrogens with two attached hydrogens (primary N) is 1. The summed E-state index contributed by atoms with van der Waals surface area (Å²) in [5.74, 6) is -1.13. The average molecular weight is 263 g/mol. The normalized spacial score (nSPS) is 14.5. The second-order valence-electron chi connectivity index (χ2n) is 4.78. The third-order valence-corrected chi connectivity index (χ3v) is 3.56. The lowest BCUT2D eigenvalue weighted by molar-refractivity contribution is 0.483. The zero-order valence-corrected chi connectivity index (χ0v) is 10.5. The molecule has 19 heavy (non-hydrogen) atoms. The van der Waals surface area contributed by atoms with Gasteiger partial charge in [-0.25, -0.2) is 8.78 Å². The highest BCUT2D eigenvalue weighted by atomic mass is 19.1. The van der Waals surface area contributed by atoms with Crippen molar-refractivity contribution in [2.75, 3.05) is 0 Å². The Morgan fingerprint density at radius 2 is 2.11 bits per heavy atom. The molecule has 0 spiro atoms. The Bertz CT molecular complexity index is 619. The fourth-order valence-electron chi connectivity index (χ4n) is 2.69. The monoisotopic (exact) mass is 263 g/mol. The lowest BCUT2D eigenvalue weighted by Gasteiger charge is -2.15. The van der Waals surface area contributed by atoms with Gasteiger partial charge in [0.1, 0.15) is 11.6 Å². The quantitative estimate of drug-likeness (QED) is 0.905. The second kappa shape index (κ2) is 4.74. The van der Waals surface area contributed by atoms with Crippen molar-refractivity contribution in [3.63, 3.8) is 0 Å². The summed E-state index contributed by atoms with van der Waals surface area (Å²) in [6, 6.07) is 3.64. The zero-order chi connectivity index (χ0) is 13.4. The Morgan fingerprint density at radius 1 is 1.26 bits per heavy atom. The molecule has 2 aromatic rings. The van der Waals surface area contributed by atoms with Gasteiger partial charge in [-0.1, -0.05) is 0 Å². The van der Waals surface area contributed by atoms with Gasteiger partial charge in [-0.2, -0.15) is 5.10 Å². The van der Waals surface area contributed by atoms with E-state index in [1.165, 1.54) is 12.1 Å². The first-order valence-corrected chi connectivity index (χ1v) is 6.44. The highest BCUT2D eigenvalue weighted by molar-refractivity contribution is 5.69. The summed E-state index contributed by atoms with van der Waals surface area (Å²) in [7, 11) is 0. The van der Waals surface area contributed by atoms with Gasteiger partial charge in [0.05, 0.1) is 5.69 Å². The van der Waals surface area contributed by atoms with Crippen LogP contribution in [0.15, 0.2) is 18.2 Å². The van der Waals surface area contributed by atoms with E-state index in [0.717, 1.165) is 43.1 Å². The number of nitrogens with zero attached hydrogens (tertiary/aromatic N) is 2. The number of aryl methyl sites for hydroxylation is 1. The van der Waals surface area contributed by atoms with Gasteiger partial charge in [0.2, 0.25) is 0 Å². The molecule has 100 valence electrons. The molecular weight excluding hydrogens is 248 g/mol. The summed E-state index contributed by atoms with van der Waals surface area (Å²) in [5, 5.41) is 4.44. The van der Waals surface area contributed by atoms with E-state index in [0.29, 0.717) is 11.3 Å². The number of hydrogen-bond donors (Lipinski definition) is 1. The minimum atomic E-state index is -0.573. The van der Waals surface area contributed by atoms with E-state index in [1.54, 1.807) is 0 Å². The maximum atomic E-state index is 14.0. The topological polar surface area (TPSA) is 43.8 Å². The van der Waals surface area contributed by atoms with Gasteiger partial charge in [-0.15, -0.1) is 0 Å². The molecule has 0 saturated carbocycles. The molecule has 3 nitrogen and oxygen atoms in total. The van der Waals surface area contributed by atoms with Crippen LogP contribution < -0.4 is 5.73 Å². The van der Waals surface area contributed by atoms with Crippen molar-refractivity contribution in [3.05, 3.63) is 41.2 Å². The summed E-state index contributed by atoms with van der Waals surface area (Å²) >= 11 is 0. The van der Waals surface area contributed by atoms with Crippen molar-refractivity contribution in [1.29, 1.82) is 0 Å². The molecule has 2 heterocycles. The Morgan fingerprint density at radius 3 is 2.84 bits per heavy atom. The predicted octanol–water partition coefficient (Wildman–Crippen LogP) is 2.62. The second-order valence-corrected chi connectivity index (χ2v) is 4.78. The van der Waals surface area contributed by atoms with Crippen LogP contribution in [0.1, 0.15) is 24.2 Å². The SMILES string of the molecule is NCc1nn2c(c1-c1ccc(F)cc1F)CCCC2. The van der Waals surface area contributed by atoms with E-state index < -0.39 is 11.6 Å². The minimum absolute atomic E-state index is 0.256.